The molecular weight excluding hydrogens is 440 g/mol. The summed E-state index contributed by atoms with van der Waals surface area (Å²) in [6.07, 6.45) is 2.69. The molecule has 0 saturated carbocycles. The molecular formula is C25H22ClN4O3+. The number of phenols is 1. The van der Waals surface area contributed by atoms with Gasteiger partial charge in [0.25, 0.3) is 5.76 Å². The number of halogens is 1. The van der Waals surface area contributed by atoms with Crippen LogP contribution in [0.4, 0.5) is 5.69 Å². The molecule has 4 N–H and O–H groups in total. The van der Waals surface area contributed by atoms with Gasteiger partial charge in [-0.05, 0) is 35.9 Å². The summed E-state index contributed by atoms with van der Waals surface area (Å²) in [5.74, 6) is 0.237. The van der Waals surface area contributed by atoms with Crippen LogP contribution < -0.4 is 10.1 Å². The summed E-state index contributed by atoms with van der Waals surface area (Å²) in [6.45, 7) is 1.13. The molecule has 3 aromatic rings. The van der Waals surface area contributed by atoms with E-state index in [0.717, 1.165) is 11.8 Å². The number of primary amides is 1. The molecule has 33 heavy (non-hydrogen) atoms. The first-order chi connectivity index (χ1) is 16.0. The topological polar surface area (TPSA) is 103 Å². The van der Waals surface area contributed by atoms with Crippen LogP contribution in [-0.4, -0.2) is 41.6 Å². The number of allylic oxidation sites excluding steroid dienone is 1. The lowest BCUT2D eigenvalue weighted by atomic mass is 10.0. The SMILES string of the molecule is N=C/C(=C(/Oc1ccc(-c2ccccc2O)cc1)C(=O)[NH2+]c1ccc(Cl)cc1)N1C=NCC1. The summed E-state index contributed by atoms with van der Waals surface area (Å²) in [5, 5.41) is 20.0. The third kappa shape index (κ3) is 5.28. The van der Waals surface area contributed by atoms with Crippen molar-refractivity contribution in [2.75, 3.05) is 13.1 Å². The molecule has 1 aliphatic rings. The van der Waals surface area contributed by atoms with Crippen molar-refractivity contribution in [3.63, 3.8) is 0 Å². The summed E-state index contributed by atoms with van der Waals surface area (Å²) in [6, 6.07) is 21.0. The number of nitrogens with zero attached hydrogens (tertiary/aromatic N) is 2. The molecule has 1 aliphatic heterocycles. The molecule has 1 amide bonds. The van der Waals surface area contributed by atoms with E-state index in [0.29, 0.717) is 40.8 Å². The minimum atomic E-state index is -0.388. The molecule has 0 bridgehead atoms. The molecule has 1 heterocycles. The average molecular weight is 462 g/mol. The average Bonchev–Trinajstić information content (AvgIpc) is 3.36. The summed E-state index contributed by atoms with van der Waals surface area (Å²) in [5.41, 5.74) is 2.49. The molecule has 0 fully saturated rings. The zero-order valence-corrected chi connectivity index (χ0v) is 18.4. The Morgan fingerprint density at radius 1 is 1.09 bits per heavy atom. The highest BCUT2D eigenvalue weighted by molar-refractivity contribution is 6.30. The van der Waals surface area contributed by atoms with Gasteiger partial charge >= 0.3 is 5.91 Å². The number of ether oxygens (including phenoxy) is 1. The predicted octanol–water partition coefficient (Wildman–Crippen LogP) is 3.72. The Hall–Kier alpha value is -3.94. The van der Waals surface area contributed by atoms with E-state index < -0.39 is 0 Å². The van der Waals surface area contributed by atoms with Gasteiger partial charge in [0.1, 0.15) is 22.9 Å². The first-order valence-corrected chi connectivity index (χ1v) is 10.7. The number of para-hydroxylation sites is 1. The van der Waals surface area contributed by atoms with E-state index in [-0.39, 0.29) is 17.4 Å². The maximum atomic E-state index is 13.2. The third-order valence-electron chi connectivity index (χ3n) is 5.05. The Morgan fingerprint density at radius 2 is 1.82 bits per heavy atom. The quantitative estimate of drug-likeness (QED) is 0.216. The highest BCUT2D eigenvalue weighted by Gasteiger charge is 2.26. The number of carbonyl (C=O) groups is 1. The molecule has 0 radical (unpaired) electrons. The molecule has 0 spiro atoms. The monoisotopic (exact) mass is 461 g/mol. The van der Waals surface area contributed by atoms with Gasteiger partial charge in [0, 0.05) is 35.5 Å². The minimum absolute atomic E-state index is 0.0172. The summed E-state index contributed by atoms with van der Waals surface area (Å²) in [7, 11) is 0. The first-order valence-electron chi connectivity index (χ1n) is 10.3. The number of rotatable bonds is 7. The second kappa shape index (κ2) is 10.1. The Labute approximate surface area is 196 Å². The minimum Gasteiger partial charge on any atom is -0.507 e. The van der Waals surface area contributed by atoms with Crippen LogP contribution in [0.1, 0.15) is 0 Å². The molecule has 0 aliphatic carbocycles. The van der Waals surface area contributed by atoms with Crippen molar-refractivity contribution in [1.29, 1.82) is 5.41 Å². The molecule has 166 valence electrons. The maximum Gasteiger partial charge on any atom is 0.385 e. The highest BCUT2D eigenvalue weighted by atomic mass is 35.5. The molecule has 0 aromatic heterocycles. The molecule has 0 saturated heterocycles. The van der Waals surface area contributed by atoms with E-state index in [4.69, 9.17) is 21.7 Å². The van der Waals surface area contributed by atoms with E-state index in [1.807, 2.05) is 12.1 Å². The van der Waals surface area contributed by atoms with Crippen LogP contribution in [0.25, 0.3) is 11.1 Å². The van der Waals surface area contributed by atoms with Gasteiger partial charge in [-0.15, -0.1) is 0 Å². The van der Waals surface area contributed by atoms with Crippen LogP contribution in [0.3, 0.4) is 0 Å². The molecule has 3 aromatic carbocycles. The number of amides is 1. The van der Waals surface area contributed by atoms with E-state index in [2.05, 4.69) is 4.99 Å². The Morgan fingerprint density at radius 3 is 2.45 bits per heavy atom. The molecule has 8 heteroatoms. The van der Waals surface area contributed by atoms with Gasteiger partial charge in [0.2, 0.25) is 0 Å². The van der Waals surface area contributed by atoms with E-state index >= 15 is 0 Å². The van der Waals surface area contributed by atoms with Crippen LogP contribution >= 0.6 is 11.6 Å². The van der Waals surface area contributed by atoms with Gasteiger partial charge < -0.3 is 20.2 Å². The van der Waals surface area contributed by atoms with E-state index in [9.17, 15) is 9.90 Å². The number of phenolic OH excluding ortho intramolecular Hbond substituents is 1. The molecule has 0 unspecified atom stereocenters. The van der Waals surface area contributed by atoms with Crippen molar-refractivity contribution in [3.05, 3.63) is 89.3 Å². The summed E-state index contributed by atoms with van der Waals surface area (Å²) in [4.78, 5) is 19.1. The van der Waals surface area contributed by atoms with Crippen molar-refractivity contribution < 1.29 is 20.0 Å². The number of nitrogens with one attached hydrogen (secondary N) is 1. The Balaban J connectivity index is 1.64. The maximum absolute atomic E-state index is 13.2. The van der Waals surface area contributed by atoms with Gasteiger partial charge in [0.15, 0.2) is 0 Å². The van der Waals surface area contributed by atoms with E-state index in [1.54, 1.807) is 71.9 Å². The number of nitrogens with two attached hydrogens (primary N) is 1. The van der Waals surface area contributed by atoms with Crippen LogP contribution in [0.5, 0.6) is 11.5 Å². The standard InChI is InChI=1S/C25H21ClN4O3/c26-18-7-9-19(10-8-18)29-25(32)24(22(15-27)30-14-13-28-16-30)33-20-11-5-17(6-12-20)21-3-1-2-4-23(21)31/h1-12,15-16,27,31H,13-14H2,(H,29,32)/p+1/b24-22-,27-15?. The van der Waals surface area contributed by atoms with Gasteiger partial charge in [-0.2, -0.15) is 0 Å². The zero-order chi connectivity index (χ0) is 23.2. The lowest BCUT2D eigenvalue weighted by molar-refractivity contribution is -0.481. The molecule has 0 atom stereocenters. The molecule has 4 rings (SSSR count). The normalized spacial score (nSPS) is 13.5. The smallest absolute Gasteiger partial charge is 0.385 e. The van der Waals surface area contributed by atoms with Gasteiger partial charge in [-0.3, -0.25) is 4.99 Å². The Bertz CT molecular complexity index is 1220. The van der Waals surface area contributed by atoms with Gasteiger partial charge in [0.05, 0.1) is 12.9 Å². The number of hydrogen-bond donors (Lipinski definition) is 3. The third-order valence-corrected chi connectivity index (χ3v) is 5.30. The van der Waals surface area contributed by atoms with Crippen LogP contribution in [-0.2, 0) is 4.79 Å². The van der Waals surface area contributed by atoms with Crippen molar-refractivity contribution in [2.45, 2.75) is 0 Å². The van der Waals surface area contributed by atoms with Gasteiger partial charge in [-0.25, -0.2) is 10.1 Å². The van der Waals surface area contributed by atoms with E-state index in [1.165, 1.54) is 5.32 Å². The lowest BCUT2D eigenvalue weighted by Gasteiger charge is -2.18. The number of hydrogen-bond acceptors (Lipinski definition) is 6. The Kier molecular flexibility index (Phi) is 6.83. The van der Waals surface area contributed by atoms with Crippen LogP contribution in [0, 0.1) is 5.41 Å². The summed E-state index contributed by atoms with van der Waals surface area (Å²) >= 11 is 5.94. The first kappa shape index (κ1) is 22.3. The predicted molar refractivity (Wildman–Crippen MR) is 128 cm³/mol. The fourth-order valence-corrected chi connectivity index (χ4v) is 3.51. The largest absolute Gasteiger partial charge is 0.507 e. The number of aromatic hydroxyl groups is 1. The van der Waals surface area contributed by atoms with Crippen molar-refractivity contribution in [3.8, 4) is 22.6 Å². The number of benzene rings is 3. The number of quaternary nitrogens is 1. The second-order valence-corrected chi connectivity index (χ2v) is 7.71. The zero-order valence-electron chi connectivity index (χ0n) is 17.6. The van der Waals surface area contributed by atoms with Crippen LogP contribution in [0.15, 0.2) is 89.2 Å². The van der Waals surface area contributed by atoms with Crippen molar-refractivity contribution in [1.82, 2.24) is 4.90 Å². The second-order valence-electron chi connectivity index (χ2n) is 7.28. The lowest BCUT2D eigenvalue weighted by Crippen LogP contribution is -2.83. The number of aliphatic imine (C=N–C) groups is 1. The fraction of sp³-hybridized carbons (Fsp3) is 0.0800. The van der Waals surface area contributed by atoms with Gasteiger partial charge in [-0.1, -0.05) is 41.9 Å². The highest BCUT2D eigenvalue weighted by Crippen LogP contribution is 2.30. The van der Waals surface area contributed by atoms with Crippen molar-refractivity contribution >= 4 is 35.7 Å². The molecule has 7 nitrogen and oxygen atoms in total. The number of carbonyl (C=O) groups excluding carboxylic acids is 1. The summed E-state index contributed by atoms with van der Waals surface area (Å²) < 4.78 is 6.01. The van der Waals surface area contributed by atoms with Crippen LogP contribution in [0.2, 0.25) is 5.02 Å². The fourth-order valence-electron chi connectivity index (χ4n) is 3.38. The van der Waals surface area contributed by atoms with Crippen molar-refractivity contribution in [2.24, 2.45) is 4.99 Å².